The monoisotopic (exact) mass is 149 g/mol. The average Bonchev–Trinajstić information content (AvgIpc) is 2.74. The fourth-order valence-corrected chi connectivity index (χ4v) is 1.21. The largest absolute Gasteiger partial charge is 0.269 e. The average molecular weight is 149 g/mol. The van der Waals surface area contributed by atoms with Crippen molar-refractivity contribution in [2.75, 3.05) is 0 Å². The van der Waals surface area contributed by atoms with Gasteiger partial charge < -0.3 is 0 Å². The SMILES string of the molecule is Cc1[c]nn(CC2CC2)c1C. The Morgan fingerprint density at radius 1 is 1.55 bits per heavy atom. The van der Waals surface area contributed by atoms with E-state index in [4.69, 9.17) is 0 Å². The quantitative estimate of drug-likeness (QED) is 0.626. The van der Waals surface area contributed by atoms with Crippen molar-refractivity contribution in [3.63, 3.8) is 0 Å². The van der Waals surface area contributed by atoms with Gasteiger partial charge in [0.2, 0.25) is 0 Å². The number of rotatable bonds is 2. The third kappa shape index (κ3) is 1.30. The summed E-state index contributed by atoms with van der Waals surface area (Å²) in [5, 5.41) is 4.19. The Hall–Kier alpha value is -0.790. The molecule has 0 amide bonds. The lowest BCUT2D eigenvalue weighted by molar-refractivity contribution is 0.549. The second-order valence-corrected chi connectivity index (χ2v) is 3.45. The molecular weight excluding hydrogens is 136 g/mol. The minimum atomic E-state index is 0.904. The lowest BCUT2D eigenvalue weighted by Gasteiger charge is -2.01. The van der Waals surface area contributed by atoms with Crippen LogP contribution in [0.25, 0.3) is 0 Å². The Morgan fingerprint density at radius 2 is 2.27 bits per heavy atom. The molecule has 11 heavy (non-hydrogen) atoms. The first kappa shape index (κ1) is 6.89. The Balaban J connectivity index is 2.15. The van der Waals surface area contributed by atoms with Gasteiger partial charge in [0.25, 0.3) is 0 Å². The van der Waals surface area contributed by atoms with Gasteiger partial charge in [0.05, 0.1) is 0 Å². The Labute approximate surface area is 67.2 Å². The smallest absolute Gasteiger partial charge is 0.116 e. The molecular formula is C9H13N2. The number of hydrogen-bond donors (Lipinski definition) is 0. The van der Waals surface area contributed by atoms with Gasteiger partial charge in [-0.25, -0.2) is 0 Å². The van der Waals surface area contributed by atoms with Crippen LogP contribution in [0.5, 0.6) is 0 Å². The van der Waals surface area contributed by atoms with Gasteiger partial charge in [-0.3, -0.25) is 4.68 Å². The molecule has 0 bridgehead atoms. The molecule has 1 heterocycles. The number of hydrogen-bond acceptors (Lipinski definition) is 1. The van der Waals surface area contributed by atoms with Crippen molar-refractivity contribution in [2.45, 2.75) is 33.2 Å². The molecule has 1 aromatic heterocycles. The van der Waals surface area contributed by atoms with E-state index >= 15 is 0 Å². The Bertz CT molecular complexity index is 259. The fourth-order valence-electron chi connectivity index (χ4n) is 1.21. The zero-order valence-electron chi connectivity index (χ0n) is 7.09. The van der Waals surface area contributed by atoms with Gasteiger partial charge in [-0.15, -0.1) is 0 Å². The van der Waals surface area contributed by atoms with Crippen molar-refractivity contribution in [3.05, 3.63) is 17.5 Å². The molecule has 59 valence electrons. The van der Waals surface area contributed by atoms with E-state index in [2.05, 4.69) is 29.8 Å². The van der Waals surface area contributed by atoms with Gasteiger partial charge in [-0.1, -0.05) is 0 Å². The van der Waals surface area contributed by atoms with Crippen molar-refractivity contribution >= 4 is 0 Å². The van der Waals surface area contributed by atoms with E-state index in [-0.39, 0.29) is 0 Å². The molecule has 0 aliphatic heterocycles. The van der Waals surface area contributed by atoms with Crippen molar-refractivity contribution in [1.82, 2.24) is 9.78 Å². The molecule has 2 nitrogen and oxygen atoms in total. The highest BCUT2D eigenvalue weighted by Crippen LogP contribution is 2.30. The minimum Gasteiger partial charge on any atom is -0.269 e. The molecule has 0 aromatic carbocycles. The van der Waals surface area contributed by atoms with E-state index in [1.54, 1.807) is 0 Å². The first-order valence-electron chi connectivity index (χ1n) is 4.19. The summed E-state index contributed by atoms with van der Waals surface area (Å²) < 4.78 is 2.08. The van der Waals surface area contributed by atoms with Gasteiger partial charge in [-0.2, -0.15) is 5.10 Å². The van der Waals surface area contributed by atoms with E-state index in [1.165, 1.54) is 24.1 Å². The zero-order chi connectivity index (χ0) is 7.84. The van der Waals surface area contributed by atoms with E-state index in [9.17, 15) is 0 Å². The summed E-state index contributed by atoms with van der Waals surface area (Å²) in [6.45, 7) is 5.28. The molecule has 0 spiro atoms. The van der Waals surface area contributed by atoms with Crippen LogP contribution in [-0.4, -0.2) is 9.78 Å². The summed E-state index contributed by atoms with van der Waals surface area (Å²) in [5.41, 5.74) is 2.46. The van der Waals surface area contributed by atoms with Crippen molar-refractivity contribution in [3.8, 4) is 0 Å². The van der Waals surface area contributed by atoms with Gasteiger partial charge >= 0.3 is 0 Å². The second kappa shape index (κ2) is 2.36. The summed E-state index contributed by atoms with van der Waals surface area (Å²) in [4.78, 5) is 0. The maximum Gasteiger partial charge on any atom is 0.116 e. The predicted molar refractivity (Wildman–Crippen MR) is 43.3 cm³/mol. The third-order valence-electron chi connectivity index (χ3n) is 2.40. The standard InChI is InChI=1S/C9H13N2/c1-7-5-10-11(8(7)2)6-9-3-4-9/h9H,3-4,6H2,1-2H3. The maximum absolute atomic E-state index is 4.19. The third-order valence-corrected chi connectivity index (χ3v) is 2.40. The van der Waals surface area contributed by atoms with Crippen LogP contribution in [0.4, 0.5) is 0 Å². The fraction of sp³-hybridized carbons (Fsp3) is 0.667. The summed E-state index contributed by atoms with van der Waals surface area (Å²) in [7, 11) is 0. The van der Waals surface area contributed by atoms with Gasteiger partial charge in [0.1, 0.15) is 6.20 Å². The van der Waals surface area contributed by atoms with Crippen LogP contribution in [0, 0.1) is 26.0 Å². The van der Waals surface area contributed by atoms with E-state index < -0.39 is 0 Å². The van der Waals surface area contributed by atoms with Crippen LogP contribution in [0.2, 0.25) is 0 Å². The molecule has 1 saturated carbocycles. The van der Waals surface area contributed by atoms with E-state index in [0.717, 1.165) is 12.5 Å². The lowest BCUT2D eigenvalue weighted by atomic mass is 10.3. The van der Waals surface area contributed by atoms with Gasteiger partial charge in [0, 0.05) is 12.2 Å². The normalized spacial score (nSPS) is 17.3. The molecule has 2 rings (SSSR count). The van der Waals surface area contributed by atoms with Crippen LogP contribution in [0.3, 0.4) is 0 Å². The zero-order valence-corrected chi connectivity index (χ0v) is 7.09. The van der Waals surface area contributed by atoms with Gasteiger partial charge in [0.15, 0.2) is 0 Å². The molecule has 0 unspecified atom stereocenters. The summed E-state index contributed by atoms with van der Waals surface area (Å²) in [6.07, 6.45) is 5.76. The highest BCUT2D eigenvalue weighted by Gasteiger charge is 2.22. The number of aryl methyl sites for hydroxylation is 1. The lowest BCUT2D eigenvalue weighted by Crippen LogP contribution is -2.03. The summed E-state index contributed by atoms with van der Waals surface area (Å²) in [6, 6.07) is 0. The molecule has 0 atom stereocenters. The highest BCUT2D eigenvalue weighted by molar-refractivity contribution is 5.12. The van der Waals surface area contributed by atoms with Crippen LogP contribution in [0.1, 0.15) is 24.1 Å². The molecule has 1 aromatic rings. The van der Waals surface area contributed by atoms with Crippen LogP contribution >= 0.6 is 0 Å². The molecule has 1 fully saturated rings. The second-order valence-electron chi connectivity index (χ2n) is 3.45. The molecule has 0 saturated heterocycles. The van der Waals surface area contributed by atoms with E-state index in [1.807, 2.05) is 0 Å². The Morgan fingerprint density at radius 3 is 2.73 bits per heavy atom. The molecule has 1 aliphatic rings. The summed E-state index contributed by atoms with van der Waals surface area (Å²) in [5.74, 6) is 0.904. The number of nitrogens with zero attached hydrogens (tertiary/aromatic N) is 2. The molecule has 1 radical (unpaired) electrons. The van der Waals surface area contributed by atoms with Crippen LogP contribution in [0.15, 0.2) is 0 Å². The first-order valence-corrected chi connectivity index (χ1v) is 4.19. The van der Waals surface area contributed by atoms with E-state index in [0.29, 0.717) is 0 Å². The van der Waals surface area contributed by atoms with Crippen molar-refractivity contribution in [1.29, 1.82) is 0 Å². The number of aromatic nitrogens is 2. The van der Waals surface area contributed by atoms with Crippen molar-refractivity contribution in [2.24, 2.45) is 5.92 Å². The maximum atomic E-state index is 4.19. The molecule has 2 heteroatoms. The van der Waals surface area contributed by atoms with Crippen LogP contribution < -0.4 is 0 Å². The van der Waals surface area contributed by atoms with Crippen molar-refractivity contribution < 1.29 is 0 Å². The minimum absolute atomic E-state index is 0.904. The Kier molecular flexibility index (Phi) is 1.48. The molecule has 1 aliphatic carbocycles. The predicted octanol–water partition coefficient (Wildman–Crippen LogP) is 1.71. The first-order chi connectivity index (χ1) is 5.27. The van der Waals surface area contributed by atoms with Gasteiger partial charge in [-0.05, 0) is 38.2 Å². The highest BCUT2D eigenvalue weighted by atomic mass is 15.3. The van der Waals surface area contributed by atoms with Crippen LogP contribution in [-0.2, 0) is 6.54 Å². The summed E-state index contributed by atoms with van der Waals surface area (Å²) >= 11 is 0. The topological polar surface area (TPSA) is 17.8 Å². The molecule has 0 N–H and O–H groups in total.